The van der Waals surface area contributed by atoms with Gasteiger partial charge in [0.25, 0.3) is 5.91 Å². The Morgan fingerprint density at radius 2 is 1.88 bits per heavy atom. The number of hydrogen-bond donors (Lipinski definition) is 1. The normalized spacial score (nSPS) is 20.6. The van der Waals surface area contributed by atoms with Crippen LogP contribution in [0.1, 0.15) is 91.3 Å². The highest BCUT2D eigenvalue weighted by Crippen LogP contribution is 2.40. The first-order chi connectivity index (χ1) is 15.7. The number of aliphatic imine (C=N–C) groups is 1. The van der Waals surface area contributed by atoms with E-state index in [9.17, 15) is 4.79 Å². The predicted octanol–water partition coefficient (Wildman–Crippen LogP) is 6.27. The van der Waals surface area contributed by atoms with Crippen molar-refractivity contribution in [3.05, 3.63) is 33.9 Å². The van der Waals surface area contributed by atoms with Gasteiger partial charge in [-0.25, -0.2) is 4.99 Å². The lowest BCUT2D eigenvalue weighted by molar-refractivity contribution is 0.0927. The second-order valence-corrected chi connectivity index (χ2v) is 10.9. The van der Waals surface area contributed by atoms with Gasteiger partial charge in [0.2, 0.25) is 0 Å². The molecule has 0 unspecified atom stereocenters. The number of fused-ring (bicyclic) bond motifs is 1. The Kier molecular flexibility index (Phi) is 6.67. The highest BCUT2D eigenvalue weighted by atomic mass is 32.1. The van der Waals surface area contributed by atoms with Gasteiger partial charge in [0.1, 0.15) is 10.8 Å². The Morgan fingerprint density at radius 3 is 2.69 bits per heavy atom. The Bertz CT molecular complexity index is 962. The van der Waals surface area contributed by atoms with E-state index >= 15 is 0 Å². The van der Waals surface area contributed by atoms with Crippen LogP contribution < -0.4 is 10.2 Å². The quantitative estimate of drug-likeness (QED) is 0.543. The van der Waals surface area contributed by atoms with E-state index < -0.39 is 0 Å². The molecule has 0 aromatic carbocycles. The van der Waals surface area contributed by atoms with E-state index in [-0.39, 0.29) is 5.91 Å². The third kappa shape index (κ3) is 4.80. The van der Waals surface area contributed by atoms with Crippen molar-refractivity contribution in [1.29, 1.82) is 0 Å². The largest absolute Gasteiger partial charge is 0.440 e. The molecule has 5 nitrogen and oxygen atoms in total. The topological polar surface area (TPSA) is 57.8 Å². The van der Waals surface area contributed by atoms with E-state index in [0.29, 0.717) is 6.04 Å². The zero-order chi connectivity index (χ0) is 21.9. The van der Waals surface area contributed by atoms with Crippen LogP contribution in [0.2, 0.25) is 0 Å². The third-order valence-electron chi connectivity index (χ3n) is 7.34. The predicted molar refractivity (Wildman–Crippen MR) is 132 cm³/mol. The molecule has 0 radical (unpaired) electrons. The maximum Gasteiger partial charge on any atom is 0.254 e. The van der Waals surface area contributed by atoms with Crippen LogP contribution in [0.5, 0.6) is 0 Å². The summed E-state index contributed by atoms with van der Waals surface area (Å²) >= 11 is 1.70. The molecule has 2 aliphatic carbocycles. The summed E-state index contributed by atoms with van der Waals surface area (Å²) < 4.78 is 6.08. The molecule has 2 aromatic heterocycles. The summed E-state index contributed by atoms with van der Waals surface area (Å²) in [6.45, 7) is 4.42. The van der Waals surface area contributed by atoms with E-state index in [1.807, 2.05) is 12.1 Å². The van der Waals surface area contributed by atoms with Crippen LogP contribution in [-0.4, -0.2) is 31.3 Å². The summed E-state index contributed by atoms with van der Waals surface area (Å²) in [6, 6.07) is 4.35. The number of nitrogens with zero attached hydrogens (tertiary/aromatic N) is 2. The molecule has 2 aromatic rings. The molecule has 2 fully saturated rings. The summed E-state index contributed by atoms with van der Waals surface area (Å²) in [7, 11) is 0. The number of aryl methyl sites for hydroxylation is 1. The molecule has 0 bridgehead atoms. The van der Waals surface area contributed by atoms with Crippen LogP contribution in [0.25, 0.3) is 0 Å². The number of thiophene rings is 1. The second kappa shape index (κ2) is 9.82. The molecule has 0 spiro atoms. The number of rotatable bonds is 5. The van der Waals surface area contributed by atoms with Gasteiger partial charge in [-0.15, -0.1) is 11.3 Å². The third-order valence-corrected chi connectivity index (χ3v) is 8.54. The van der Waals surface area contributed by atoms with Gasteiger partial charge in [-0.3, -0.25) is 4.79 Å². The number of hydrogen-bond acceptors (Lipinski definition) is 5. The standard InChI is InChI=1S/C26H35N3O2S/c1-18-13-15-29(16-14-18)23-12-11-20(31-23)17-27-26-24(21-9-5-6-10-22(21)32-26)25(30)28-19-7-3-2-4-8-19/h11-12,17-19H,2-10,13-16H2,1H3,(H,28,30). The molecule has 172 valence electrons. The molecule has 6 heteroatoms. The van der Waals surface area contributed by atoms with E-state index in [0.717, 1.165) is 73.3 Å². The second-order valence-electron chi connectivity index (χ2n) is 9.80. The van der Waals surface area contributed by atoms with Crippen molar-refractivity contribution in [1.82, 2.24) is 5.32 Å². The zero-order valence-corrected chi connectivity index (χ0v) is 20.0. The van der Waals surface area contributed by atoms with Gasteiger partial charge in [-0.2, -0.15) is 0 Å². The van der Waals surface area contributed by atoms with Crippen LogP contribution in [0.4, 0.5) is 10.9 Å². The van der Waals surface area contributed by atoms with Crippen LogP contribution in [-0.2, 0) is 12.8 Å². The number of nitrogens with one attached hydrogen (secondary N) is 1. The average Bonchev–Trinajstić information content (AvgIpc) is 3.43. The molecule has 1 saturated carbocycles. The number of amides is 1. The summed E-state index contributed by atoms with van der Waals surface area (Å²) in [5.41, 5.74) is 2.06. The fraction of sp³-hybridized carbons (Fsp3) is 0.615. The molecule has 32 heavy (non-hydrogen) atoms. The van der Waals surface area contributed by atoms with Gasteiger partial charge < -0.3 is 14.6 Å². The molecular weight excluding hydrogens is 418 g/mol. The van der Waals surface area contributed by atoms with Crippen LogP contribution in [0.3, 0.4) is 0 Å². The van der Waals surface area contributed by atoms with Gasteiger partial charge in [0, 0.05) is 30.1 Å². The highest BCUT2D eigenvalue weighted by Gasteiger charge is 2.27. The van der Waals surface area contributed by atoms with Crippen molar-refractivity contribution < 1.29 is 9.21 Å². The van der Waals surface area contributed by atoms with Crippen molar-refractivity contribution in [2.75, 3.05) is 18.0 Å². The van der Waals surface area contributed by atoms with Gasteiger partial charge in [0.15, 0.2) is 5.88 Å². The van der Waals surface area contributed by atoms with Gasteiger partial charge in [0.05, 0.1) is 11.8 Å². The van der Waals surface area contributed by atoms with Gasteiger partial charge in [-0.05, 0) is 68.9 Å². The summed E-state index contributed by atoms with van der Waals surface area (Å²) in [6.07, 6.45) is 14.6. The molecule has 3 aliphatic rings. The Balaban J connectivity index is 1.34. The fourth-order valence-corrected chi connectivity index (χ4v) is 6.54. The molecular formula is C26H35N3O2S. The van der Waals surface area contributed by atoms with Gasteiger partial charge in [-0.1, -0.05) is 26.2 Å². The molecule has 0 atom stereocenters. The smallest absolute Gasteiger partial charge is 0.254 e. The molecule has 1 saturated heterocycles. The molecule has 5 rings (SSSR count). The molecule has 1 N–H and O–H groups in total. The van der Waals surface area contributed by atoms with Gasteiger partial charge >= 0.3 is 0 Å². The highest BCUT2D eigenvalue weighted by molar-refractivity contribution is 7.16. The van der Waals surface area contributed by atoms with E-state index in [1.165, 1.54) is 49.0 Å². The number of piperidine rings is 1. The van der Waals surface area contributed by atoms with E-state index in [4.69, 9.17) is 9.41 Å². The minimum Gasteiger partial charge on any atom is -0.440 e. The monoisotopic (exact) mass is 453 g/mol. The van der Waals surface area contributed by atoms with Crippen molar-refractivity contribution in [2.24, 2.45) is 10.9 Å². The zero-order valence-electron chi connectivity index (χ0n) is 19.2. The summed E-state index contributed by atoms with van der Waals surface area (Å²) in [5.74, 6) is 2.55. The van der Waals surface area contributed by atoms with Crippen LogP contribution >= 0.6 is 11.3 Å². The average molecular weight is 454 g/mol. The lowest BCUT2D eigenvalue weighted by atomic mass is 9.93. The number of furan rings is 1. The SMILES string of the molecule is CC1CCN(c2ccc(C=Nc3sc4c(c3C(=O)NC3CCCCC3)CCCC4)o2)CC1. The van der Waals surface area contributed by atoms with E-state index in [1.54, 1.807) is 17.6 Å². The maximum atomic E-state index is 13.3. The van der Waals surface area contributed by atoms with Crippen molar-refractivity contribution >= 4 is 34.3 Å². The minimum atomic E-state index is 0.0750. The molecule has 1 aliphatic heterocycles. The Morgan fingerprint density at radius 1 is 1.09 bits per heavy atom. The number of carbonyl (C=O) groups is 1. The first kappa shape index (κ1) is 21.7. The Labute approximate surface area is 195 Å². The first-order valence-electron chi connectivity index (χ1n) is 12.5. The van der Waals surface area contributed by atoms with Crippen molar-refractivity contribution in [3.8, 4) is 0 Å². The lowest BCUT2D eigenvalue weighted by Crippen LogP contribution is -2.36. The van der Waals surface area contributed by atoms with E-state index in [2.05, 4.69) is 17.1 Å². The maximum absolute atomic E-state index is 13.3. The lowest BCUT2D eigenvalue weighted by Gasteiger charge is -2.29. The van der Waals surface area contributed by atoms with Crippen molar-refractivity contribution in [2.45, 2.75) is 83.6 Å². The number of anilines is 1. The molecule has 3 heterocycles. The minimum absolute atomic E-state index is 0.0750. The summed E-state index contributed by atoms with van der Waals surface area (Å²) in [5, 5.41) is 4.17. The van der Waals surface area contributed by atoms with Crippen LogP contribution in [0, 0.1) is 5.92 Å². The van der Waals surface area contributed by atoms with Crippen LogP contribution in [0.15, 0.2) is 21.5 Å². The first-order valence-corrected chi connectivity index (χ1v) is 13.3. The Hall–Kier alpha value is -2.08. The van der Waals surface area contributed by atoms with Crippen molar-refractivity contribution in [3.63, 3.8) is 0 Å². The molecule has 1 amide bonds. The summed E-state index contributed by atoms with van der Waals surface area (Å²) in [4.78, 5) is 21.8. The number of carbonyl (C=O) groups excluding carboxylic acids is 1. The fourth-order valence-electron chi connectivity index (χ4n) is 5.31.